The van der Waals surface area contributed by atoms with Crippen LogP contribution >= 0.6 is 15.9 Å². The highest BCUT2D eigenvalue weighted by atomic mass is 79.9. The second-order valence-corrected chi connectivity index (χ2v) is 6.39. The van der Waals surface area contributed by atoms with E-state index in [2.05, 4.69) is 27.8 Å². The predicted octanol–water partition coefficient (Wildman–Crippen LogP) is 5.08. The highest BCUT2D eigenvalue weighted by Crippen LogP contribution is 2.45. The Balaban J connectivity index is 2.12. The molecule has 100 valence electrons. The van der Waals surface area contributed by atoms with Crippen molar-refractivity contribution in [2.75, 3.05) is 0 Å². The molecule has 2 aromatic rings. The van der Waals surface area contributed by atoms with Crippen molar-refractivity contribution in [1.82, 2.24) is 4.98 Å². The summed E-state index contributed by atoms with van der Waals surface area (Å²) in [7, 11) is 0. The Hall–Kier alpha value is -1.09. The normalized spacial score (nSPS) is 18.0. The average molecular weight is 320 g/mol. The summed E-state index contributed by atoms with van der Waals surface area (Å²) in [6.07, 6.45) is 7.28. The van der Waals surface area contributed by atoms with Crippen LogP contribution in [0.3, 0.4) is 0 Å². The van der Waals surface area contributed by atoms with Gasteiger partial charge in [0.2, 0.25) is 0 Å². The molecule has 0 unspecified atom stereocenters. The molecule has 1 aliphatic rings. The molecule has 0 saturated heterocycles. The first-order valence-corrected chi connectivity index (χ1v) is 7.78. The zero-order chi connectivity index (χ0) is 13.5. The maximum Gasteiger partial charge on any atom is 0.171 e. The largest absolute Gasteiger partial charge is 0.360 e. The number of ketones is 1. The molecule has 1 aliphatic carbocycles. The summed E-state index contributed by atoms with van der Waals surface area (Å²) in [5.74, 6) is 0.325. The number of carbonyl (C=O) groups excluding carboxylic acids is 1. The van der Waals surface area contributed by atoms with E-state index in [0.717, 1.165) is 40.2 Å². The molecule has 0 radical (unpaired) electrons. The monoisotopic (exact) mass is 319 g/mol. The van der Waals surface area contributed by atoms with Gasteiger partial charge in [-0.2, -0.15) is 0 Å². The van der Waals surface area contributed by atoms with Gasteiger partial charge in [-0.1, -0.05) is 41.8 Å². The third-order valence-corrected chi connectivity index (χ3v) is 5.28. The van der Waals surface area contributed by atoms with Gasteiger partial charge in [0, 0.05) is 32.6 Å². The van der Waals surface area contributed by atoms with Gasteiger partial charge in [-0.05, 0) is 31.4 Å². The van der Waals surface area contributed by atoms with Gasteiger partial charge in [-0.15, -0.1) is 0 Å². The maximum absolute atomic E-state index is 13.0. The van der Waals surface area contributed by atoms with Gasteiger partial charge in [-0.3, -0.25) is 4.79 Å². The van der Waals surface area contributed by atoms with Crippen LogP contribution in [0.4, 0.5) is 0 Å². The van der Waals surface area contributed by atoms with Gasteiger partial charge in [0.15, 0.2) is 5.78 Å². The Morgan fingerprint density at radius 1 is 1.37 bits per heavy atom. The van der Waals surface area contributed by atoms with Crippen LogP contribution < -0.4 is 0 Å². The van der Waals surface area contributed by atoms with Crippen molar-refractivity contribution in [3.8, 4) is 0 Å². The summed E-state index contributed by atoms with van der Waals surface area (Å²) in [6.45, 7) is 2.15. The molecule has 1 N–H and O–H groups in total. The van der Waals surface area contributed by atoms with Crippen molar-refractivity contribution in [1.29, 1.82) is 0 Å². The summed E-state index contributed by atoms with van der Waals surface area (Å²) in [6, 6.07) is 6.01. The van der Waals surface area contributed by atoms with E-state index in [4.69, 9.17) is 0 Å². The van der Waals surface area contributed by atoms with E-state index in [1.165, 1.54) is 12.8 Å². The lowest BCUT2D eigenvalue weighted by Crippen LogP contribution is -2.27. The lowest BCUT2D eigenvalue weighted by Gasteiger charge is -2.25. The van der Waals surface area contributed by atoms with E-state index >= 15 is 0 Å². The van der Waals surface area contributed by atoms with Gasteiger partial charge in [0.25, 0.3) is 0 Å². The van der Waals surface area contributed by atoms with Crippen LogP contribution in [0, 0.1) is 5.41 Å². The molecule has 2 nitrogen and oxygen atoms in total. The molecular weight excluding hydrogens is 302 g/mol. The van der Waals surface area contributed by atoms with Crippen LogP contribution in [0.25, 0.3) is 10.9 Å². The zero-order valence-corrected chi connectivity index (χ0v) is 12.7. The fraction of sp³-hybridized carbons (Fsp3) is 0.438. The minimum Gasteiger partial charge on any atom is -0.360 e. The van der Waals surface area contributed by atoms with Crippen LogP contribution in [0.5, 0.6) is 0 Å². The quantitative estimate of drug-likeness (QED) is 0.786. The number of Topliss-reactive ketones (excluding diaryl/α,β-unsaturated/α-hetero) is 1. The van der Waals surface area contributed by atoms with Crippen LogP contribution in [0.2, 0.25) is 0 Å². The second-order valence-electron chi connectivity index (χ2n) is 5.53. The van der Waals surface area contributed by atoms with E-state index in [1.54, 1.807) is 0 Å². The minimum atomic E-state index is -0.121. The first-order valence-electron chi connectivity index (χ1n) is 6.98. The van der Waals surface area contributed by atoms with E-state index in [-0.39, 0.29) is 5.41 Å². The summed E-state index contributed by atoms with van der Waals surface area (Å²) in [5, 5.41) is 1.03. The Morgan fingerprint density at radius 3 is 2.79 bits per heavy atom. The number of aromatic amines is 1. The molecule has 1 heterocycles. The van der Waals surface area contributed by atoms with E-state index in [1.807, 2.05) is 24.4 Å². The van der Waals surface area contributed by atoms with E-state index < -0.39 is 0 Å². The molecule has 19 heavy (non-hydrogen) atoms. The second kappa shape index (κ2) is 4.78. The van der Waals surface area contributed by atoms with Crippen LogP contribution in [-0.2, 0) is 0 Å². The van der Waals surface area contributed by atoms with Gasteiger partial charge in [0.1, 0.15) is 0 Å². The third-order valence-electron chi connectivity index (χ3n) is 4.62. The number of halogens is 1. The molecule has 0 amide bonds. The lowest BCUT2D eigenvalue weighted by atomic mass is 9.76. The molecule has 1 saturated carbocycles. The number of fused-ring (bicyclic) bond motifs is 1. The molecule has 0 spiro atoms. The molecular formula is C16H18BrNO. The van der Waals surface area contributed by atoms with Gasteiger partial charge in [0.05, 0.1) is 0 Å². The number of H-pyrrole nitrogens is 1. The Bertz CT molecular complexity index is 623. The molecule has 0 aliphatic heterocycles. The minimum absolute atomic E-state index is 0.121. The SMILES string of the molecule is CCC1(C(=O)c2c[nH]c3cccc(Br)c23)CCCC1. The van der Waals surface area contributed by atoms with Gasteiger partial charge >= 0.3 is 0 Å². The number of carbonyl (C=O) groups is 1. The molecule has 1 aromatic heterocycles. The molecule has 3 rings (SSSR count). The summed E-state index contributed by atoms with van der Waals surface area (Å²) in [5.41, 5.74) is 1.76. The first kappa shape index (κ1) is 12.9. The average Bonchev–Trinajstić information content (AvgIpc) is 3.06. The van der Waals surface area contributed by atoms with E-state index in [9.17, 15) is 4.79 Å². The number of benzene rings is 1. The van der Waals surface area contributed by atoms with Gasteiger partial charge in [-0.25, -0.2) is 0 Å². The van der Waals surface area contributed by atoms with Crippen LogP contribution in [-0.4, -0.2) is 10.8 Å². The van der Waals surface area contributed by atoms with Crippen molar-refractivity contribution in [3.63, 3.8) is 0 Å². The Labute approximate surface area is 121 Å². The smallest absolute Gasteiger partial charge is 0.171 e. The number of hydrogen-bond donors (Lipinski definition) is 1. The van der Waals surface area contributed by atoms with Crippen LogP contribution in [0.15, 0.2) is 28.9 Å². The number of rotatable bonds is 3. The van der Waals surface area contributed by atoms with Crippen molar-refractivity contribution in [2.45, 2.75) is 39.0 Å². The maximum atomic E-state index is 13.0. The zero-order valence-electron chi connectivity index (χ0n) is 11.1. The van der Waals surface area contributed by atoms with Crippen molar-refractivity contribution >= 4 is 32.6 Å². The fourth-order valence-electron chi connectivity index (χ4n) is 3.40. The Morgan fingerprint density at radius 2 is 2.11 bits per heavy atom. The highest BCUT2D eigenvalue weighted by molar-refractivity contribution is 9.10. The molecule has 3 heteroatoms. The highest BCUT2D eigenvalue weighted by Gasteiger charge is 2.40. The summed E-state index contributed by atoms with van der Waals surface area (Å²) in [4.78, 5) is 16.2. The van der Waals surface area contributed by atoms with Gasteiger partial charge < -0.3 is 4.98 Å². The number of nitrogens with one attached hydrogen (secondary N) is 1. The van der Waals surface area contributed by atoms with Crippen LogP contribution in [0.1, 0.15) is 49.4 Å². The predicted molar refractivity (Wildman–Crippen MR) is 81.5 cm³/mol. The fourth-order valence-corrected chi connectivity index (χ4v) is 3.98. The summed E-state index contributed by atoms with van der Waals surface area (Å²) < 4.78 is 0.999. The molecule has 0 atom stereocenters. The van der Waals surface area contributed by atoms with Crippen molar-refractivity contribution < 1.29 is 4.79 Å². The number of aromatic nitrogens is 1. The third kappa shape index (κ3) is 1.95. The molecule has 1 aromatic carbocycles. The first-order chi connectivity index (χ1) is 9.18. The lowest BCUT2D eigenvalue weighted by molar-refractivity contribution is 0.0793. The summed E-state index contributed by atoms with van der Waals surface area (Å²) >= 11 is 3.57. The van der Waals surface area contributed by atoms with Crippen molar-refractivity contribution in [2.24, 2.45) is 5.41 Å². The standard InChI is InChI=1S/C16H18BrNO/c1-2-16(8-3-4-9-16)15(19)11-10-18-13-7-5-6-12(17)14(11)13/h5-7,10,18H,2-4,8-9H2,1H3. The number of hydrogen-bond acceptors (Lipinski definition) is 1. The Kier molecular flexibility index (Phi) is 3.25. The molecule has 1 fully saturated rings. The van der Waals surface area contributed by atoms with E-state index in [0.29, 0.717) is 5.78 Å². The molecule has 0 bridgehead atoms. The topological polar surface area (TPSA) is 32.9 Å². The van der Waals surface area contributed by atoms with Crippen molar-refractivity contribution in [3.05, 3.63) is 34.4 Å².